The maximum atomic E-state index is 12.6. The van der Waals surface area contributed by atoms with E-state index >= 15 is 0 Å². The van der Waals surface area contributed by atoms with Gasteiger partial charge in [0.1, 0.15) is 0 Å². The smallest absolute Gasteiger partial charge is 0.251 e. The molecule has 2 aromatic rings. The van der Waals surface area contributed by atoms with Crippen molar-refractivity contribution in [1.82, 2.24) is 14.5 Å². The van der Waals surface area contributed by atoms with E-state index in [-0.39, 0.29) is 16.8 Å². The summed E-state index contributed by atoms with van der Waals surface area (Å²) in [4.78, 5) is 14.8. The van der Waals surface area contributed by atoms with E-state index in [0.717, 1.165) is 18.4 Å². The van der Waals surface area contributed by atoms with Gasteiger partial charge in [0.15, 0.2) is 0 Å². The minimum Gasteiger partial charge on any atom is -0.350 e. The number of likely N-dealkylation sites (N-methyl/N-ethyl adjacent to an activating group) is 1. The zero-order valence-corrected chi connectivity index (χ0v) is 18.2. The zero-order valence-electron chi connectivity index (χ0n) is 16.6. The lowest BCUT2D eigenvalue weighted by atomic mass is 10.1. The Kier molecular flexibility index (Phi) is 6.95. The number of nitrogens with zero attached hydrogens (tertiary/aromatic N) is 2. The van der Waals surface area contributed by atoms with Crippen LogP contribution in [0.1, 0.15) is 34.8 Å². The number of sulfonamides is 1. The Morgan fingerprint density at radius 3 is 2.31 bits per heavy atom. The quantitative estimate of drug-likeness (QED) is 0.725. The Morgan fingerprint density at radius 2 is 1.72 bits per heavy atom. The van der Waals surface area contributed by atoms with Crippen molar-refractivity contribution in [1.29, 1.82) is 0 Å². The summed E-state index contributed by atoms with van der Waals surface area (Å²) >= 11 is 6.31. The number of amides is 1. The van der Waals surface area contributed by atoms with Gasteiger partial charge in [0.05, 0.1) is 10.9 Å². The van der Waals surface area contributed by atoms with Crippen LogP contribution in [0, 0.1) is 0 Å². The Morgan fingerprint density at radius 1 is 1.10 bits per heavy atom. The molecule has 0 radical (unpaired) electrons. The fourth-order valence-electron chi connectivity index (χ4n) is 3.46. The van der Waals surface area contributed by atoms with Crippen LogP contribution >= 0.6 is 11.6 Å². The van der Waals surface area contributed by atoms with Gasteiger partial charge in [0.25, 0.3) is 5.91 Å². The van der Waals surface area contributed by atoms with Crippen LogP contribution in [0.2, 0.25) is 5.02 Å². The number of rotatable bonds is 7. The molecular weight excluding hydrogens is 410 g/mol. The summed E-state index contributed by atoms with van der Waals surface area (Å²) < 4.78 is 26.7. The van der Waals surface area contributed by atoms with Crippen LogP contribution in [0.4, 0.5) is 0 Å². The molecule has 0 aliphatic carbocycles. The molecule has 1 aliphatic heterocycles. The highest BCUT2D eigenvalue weighted by Crippen LogP contribution is 2.25. The third-order valence-corrected chi connectivity index (χ3v) is 7.42. The van der Waals surface area contributed by atoms with E-state index in [4.69, 9.17) is 11.6 Å². The first-order valence-electron chi connectivity index (χ1n) is 9.60. The van der Waals surface area contributed by atoms with Crippen molar-refractivity contribution in [2.24, 2.45) is 0 Å². The summed E-state index contributed by atoms with van der Waals surface area (Å²) in [5.74, 6) is -0.256. The lowest BCUT2D eigenvalue weighted by Gasteiger charge is -2.26. The number of halogens is 1. The number of carbonyl (C=O) groups excluding carboxylic acids is 1. The second-order valence-corrected chi connectivity index (χ2v) is 9.69. The molecule has 0 saturated carbocycles. The Labute approximate surface area is 177 Å². The molecule has 1 fully saturated rings. The first-order chi connectivity index (χ1) is 13.8. The maximum Gasteiger partial charge on any atom is 0.251 e. The van der Waals surface area contributed by atoms with Gasteiger partial charge in [-0.25, -0.2) is 8.42 Å². The molecule has 1 N–H and O–H groups in total. The molecule has 1 atom stereocenters. The molecule has 0 spiro atoms. The molecule has 0 aromatic heterocycles. The van der Waals surface area contributed by atoms with Crippen molar-refractivity contribution in [3.05, 3.63) is 64.7 Å². The molecule has 8 heteroatoms. The number of benzene rings is 2. The van der Waals surface area contributed by atoms with Gasteiger partial charge in [0, 0.05) is 30.2 Å². The highest BCUT2D eigenvalue weighted by Gasteiger charge is 2.27. The molecule has 1 unspecified atom stereocenters. The van der Waals surface area contributed by atoms with Gasteiger partial charge in [0.2, 0.25) is 10.0 Å². The summed E-state index contributed by atoms with van der Waals surface area (Å²) in [6, 6.07) is 13.6. The van der Waals surface area contributed by atoms with Gasteiger partial charge in [-0.05, 0) is 62.8 Å². The van der Waals surface area contributed by atoms with Crippen molar-refractivity contribution in [2.45, 2.75) is 23.8 Å². The molecule has 1 aliphatic rings. The van der Waals surface area contributed by atoms with Crippen LogP contribution in [0.3, 0.4) is 0 Å². The van der Waals surface area contributed by atoms with Gasteiger partial charge >= 0.3 is 0 Å². The van der Waals surface area contributed by atoms with E-state index in [2.05, 4.69) is 5.32 Å². The van der Waals surface area contributed by atoms with E-state index in [1.807, 2.05) is 43.3 Å². The average molecular weight is 436 g/mol. The van der Waals surface area contributed by atoms with Crippen molar-refractivity contribution in [3.8, 4) is 0 Å². The minimum absolute atomic E-state index is 0.0810. The fourth-order valence-corrected chi connectivity index (χ4v) is 5.24. The highest BCUT2D eigenvalue weighted by atomic mass is 35.5. The topological polar surface area (TPSA) is 69.7 Å². The van der Waals surface area contributed by atoms with E-state index in [1.54, 1.807) is 12.1 Å². The molecular formula is C21H26ClN3O3S. The molecule has 156 valence electrons. The van der Waals surface area contributed by atoms with Crippen LogP contribution in [0.5, 0.6) is 0 Å². The SMILES string of the molecule is CN(C)C(CNC(=O)c1ccc(S(=O)(=O)N2CCCC2)cc1)c1ccccc1Cl. The van der Waals surface area contributed by atoms with Gasteiger partial charge in [-0.2, -0.15) is 4.31 Å². The summed E-state index contributed by atoms with van der Waals surface area (Å²) in [5.41, 5.74) is 1.36. The molecule has 1 heterocycles. The predicted molar refractivity (Wildman–Crippen MR) is 115 cm³/mol. The Hall–Kier alpha value is -1.93. The summed E-state index contributed by atoms with van der Waals surface area (Å²) in [6.07, 6.45) is 1.77. The third-order valence-electron chi connectivity index (χ3n) is 5.16. The molecule has 6 nitrogen and oxygen atoms in total. The Balaban J connectivity index is 1.68. The minimum atomic E-state index is -3.48. The molecule has 2 aromatic carbocycles. The molecule has 29 heavy (non-hydrogen) atoms. The van der Waals surface area contributed by atoms with Gasteiger partial charge in [-0.3, -0.25) is 4.79 Å². The van der Waals surface area contributed by atoms with Crippen LogP contribution in [-0.4, -0.2) is 57.3 Å². The van der Waals surface area contributed by atoms with Crippen molar-refractivity contribution in [2.75, 3.05) is 33.7 Å². The number of nitrogens with one attached hydrogen (secondary N) is 1. The third kappa shape index (κ3) is 4.98. The lowest BCUT2D eigenvalue weighted by molar-refractivity contribution is 0.0942. The average Bonchev–Trinajstić information content (AvgIpc) is 3.25. The summed E-state index contributed by atoms with van der Waals surface area (Å²) in [6.45, 7) is 1.49. The van der Waals surface area contributed by atoms with Crippen molar-refractivity contribution >= 4 is 27.5 Å². The fraction of sp³-hybridized carbons (Fsp3) is 0.381. The van der Waals surface area contributed by atoms with E-state index in [9.17, 15) is 13.2 Å². The van der Waals surface area contributed by atoms with Gasteiger partial charge < -0.3 is 10.2 Å². The molecule has 1 saturated heterocycles. The van der Waals surface area contributed by atoms with Gasteiger partial charge in [-0.1, -0.05) is 29.8 Å². The first-order valence-corrected chi connectivity index (χ1v) is 11.4. The second-order valence-electron chi connectivity index (χ2n) is 7.35. The van der Waals surface area contributed by atoms with Crippen molar-refractivity contribution < 1.29 is 13.2 Å². The molecule has 3 rings (SSSR count). The molecule has 0 bridgehead atoms. The largest absolute Gasteiger partial charge is 0.350 e. The predicted octanol–water partition coefficient (Wildman–Crippen LogP) is 3.16. The highest BCUT2D eigenvalue weighted by molar-refractivity contribution is 7.89. The first kappa shape index (κ1) is 21.8. The number of hydrogen-bond acceptors (Lipinski definition) is 4. The Bertz CT molecular complexity index is 955. The maximum absolute atomic E-state index is 12.6. The van der Waals surface area contributed by atoms with Crippen molar-refractivity contribution in [3.63, 3.8) is 0 Å². The lowest BCUT2D eigenvalue weighted by Crippen LogP contribution is -2.34. The standard InChI is InChI=1S/C21H26ClN3O3S/c1-24(2)20(18-7-3-4-8-19(18)22)15-23-21(26)16-9-11-17(12-10-16)29(27,28)25-13-5-6-14-25/h3-4,7-12,20H,5-6,13-15H2,1-2H3,(H,23,26). The van der Waals surface area contributed by atoms with Crippen LogP contribution in [-0.2, 0) is 10.0 Å². The van der Waals surface area contributed by atoms with Gasteiger partial charge in [-0.15, -0.1) is 0 Å². The number of hydrogen-bond donors (Lipinski definition) is 1. The number of carbonyl (C=O) groups is 1. The second kappa shape index (κ2) is 9.26. The van der Waals surface area contributed by atoms with Crippen LogP contribution in [0.25, 0.3) is 0 Å². The monoisotopic (exact) mass is 435 g/mol. The van der Waals surface area contributed by atoms with E-state index < -0.39 is 10.0 Å². The normalized spacial score (nSPS) is 16.1. The summed E-state index contributed by atoms with van der Waals surface area (Å²) in [7, 11) is 0.379. The van der Waals surface area contributed by atoms with Crippen LogP contribution in [0.15, 0.2) is 53.4 Å². The van der Waals surface area contributed by atoms with E-state index in [1.165, 1.54) is 16.4 Å². The zero-order chi connectivity index (χ0) is 21.0. The van der Waals surface area contributed by atoms with Crippen LogP contribution < -0.4 is 5.32 Å². The van der Waals surface area contributed by atoms with E-state index in [0.29, 0.717) is 30.2 Å². The molecule has 1 amide bonds. The summed E-state index contributed by atoms with van der Waals surface area (Å²) in [5, 5.41) is 3.57.